The lowest BCUT2D eigenvalue weighted by Gasteiger charge is -2.43. The third-order valence-electron chi connectivity index (χ3n) is 6.27. The Morgan fingerprint density at radius 3 is 2.71 bits per heavy atom. The Bertz CT molecular complexity index is 868. The third-order valence-corrected chi connectivity index (χ3v) is 6.27. The summed E-state index contributed by atoms with van der Waals surface area (Å²) < 4.78 is 19.8. The van der Waals surface area contributed by atoms with E-state index in [1.807, 2.05) is 36.4 Å². The number of hydrogen-bond acceptors (Lipinski definition) is 3. The molecule has 2 aromatic rings. The average Bonchev–Trinajstić information content (AvgIpc) is 3.40. The molecule has 1 heterocycles. The average molecular weight is 380 g/mol. The van der Waals surface area contributed by atoms with Crippen LogP contribution >= 0.6 is 0 Å². The van der Waals surface area contributed by atoms with Crippen LogP contribution in [-0.4, -0.2) is 18.2 Å². The topological polar surface area (TPSA) is 41.6 Å². The van der Waals surface area contributed by atoms with Gasteiger partial charge in [-0.15, -0.1) is 0 Å². The van der Waals surface area contributed by atoms with Gasteiger partial charge in [-0.2, -0.15) is 0 Å². The number of carbonyl (C=O) groups is 1. The van der Waals surface area contributed by atoms with Gasteiger partial charge in [0.2, 0.25) is 0 Å². The molecular weight excluding hydrogens is 355 g/mol. The van der Waals surface area contributed by atoms with Crippen molar-refractivity contribution >= 4 is 11.8 Å². The van der Waals surface area contributed by atoms with Gasteiger partial charge < -0.3 is 10.1 Å². The number of amides is 1. The molecule has 3 aliphatic rings. The first-order valence-corrected chi connectivity index (χ1v) is 10.3. The van der Waals surface area contributed by atoms with Gasteiger partial charge in [0.15, 0.2) is 0 Å². The van der Waals surface area contributed by atoms with Gasteiger partial charge in [-0.3, -0.25) is 4.90 Å². The summed E-state index contributed by atoms with van der Waals surface area (Å²) in [6.45, 7) is 0.224. The summed E-state index contributed by atoms with van der Waals surface area (Å²) in [7, 11) is 0. The van der Waals surface area contributed by atoms with Crippen molar-refractivity contribution in [3.63, 3.8) is 0 Å². The maximum Gasteiger partial charge on any atom is 0.414 e. The molecule has 0 spiro atoms. The Balaban J connectivity index is 1.45. The second-order valence-corrected chi connectivity index (χ2v) is 8.19. The summed E-state index contributed by atoms with van der Waals surface area (Å²) in [5.41, 5.74) is 2.64. The van der Waals surface area contributed by atoms with Gasteiger partial charge >= 0.3 is 6.09 Å². The third kappa shape index (κ3) is 3.28. The first kappa shape index (κ1) is 17.7. The molecule has 0 bridgehead atoms. The van der Waals surface area contributed by atoms with Crippen LogP contribution in [0.4, 0.5) is 14.9 Å². The van der Waals surface area contributed by atoms with E-state index >= 15 is 0 Å². The van der Waals surface area contributed by atoms with Gasteiger partial charge in [0, 0.05) is 18.1 Å². The molecule has 2 fully saturated rings. The van der Waals surface area contributed by atoms with Crippen molar-refractivity contribution in [3.05, 3.63) is 65.5 Å². The van der Waals surface area contributed by atoms with Crippen LogP contribution < -0.4 is 10.2 Å². The highest BCUT2D eigenvalue weighted by Gasteiger charge is 2.47. The molecule has 146 valence electrons. The van der Waals surface area contributed by atoms with Crippen LogP contribution in [0.2, 0.25) is 0 Å². The Morgan fingerprint density at radius 1 is 1.11 bits per heavy atom. The number of nitrogens with one attached hydrogen (secondary N) is 1. The smallest absolute Gasteiger partial charge is 0.414 e. The SMILES string of the molecule is O=C(OCc1ccccc1)N1c2cc(F)ccc2C(NC2CC2)C2CCCC21. The van der Waals surface area contributed by atoms with E-state index in [4.69, 9.17) is 4.74 Å². The van der Waals surface area contributed by atoms with E-state index in [2.05, 4.69) is 5.32 Å². The Morgan fingerprint density at radius 2 is 1.93 bits per heavy atom. The van der Waals surface area contributed by atoms with E-state index in [0.717, 1.165) is 30.4 Å². The van der Waals surface area contributed by atoms with E-state index in [-0.39, 0.29) is 30.6 Å². The molecule has 1 N–H and O–H groups in total. The maximum absolute atomic E-state index is 14.1. The van der Waals surface area contributed by atoms with Gasteiger partial charge in [-0.05, 0) is 54.9 Å². The van der Waals surface area contributed by atoms with Gasteiger partial charge in [0.05, 0.1) is 5.69 Å². The highest BCUT2D eigenvalue weighted by molar-refractivity contribution is 5.90. The number of carbonyl (C=O) groups excluding carboxylic acids is 1. The molecule has 28 heavy (non-hydrogen) atoms. The van der Waals surface area contributed by atoms with Crippen LogP contribution in [0, 0.1) is 11.7 Å². The van der Waals surface area contributed by atoms with Gasteiger partial charge in [-0.25, -0.2) is 9.18 Å². The van der Waals surface area contributed by atoms with E-state index in [1.165, 1.54) is 25.0 Å². The first-order chi connectivity index (χ1) is 13.7. The van der Waals surface area contributed by atoms with Crippen LogP contribution in [0.15, 0.2) is 48.5 Å². The molecular formula is C23H25FN2O2. The predicted octanol–water partition coefficient (Wildman–Crippen LogP) is 4.94. The standard InChI is InChI=1S/C23H25FN2O2/c24-16-9-12-19-21(13-16)26(23(27)28-14-15-5-2-1-3-6-15)20-8-4-7-18(20)22(19)25-17-10-11-17/h1-3,5-6,9,12-13,17-18,20,22,25H,4,7-8,10-11,14H2. The Labute approximate surface area is 164 Å². The van der Waals surface area contributed by atoms with Crippen molar-refractivity contribution in [2.45, 2.75) is 56.8 Å². The van der Waals surface area contributed by atoms with Crippen LogP contribution in [0.5, 0.6) is 0 Å². The zero-order valence-corrected chi connectivity index (χ0v) is 15.8. The largest absolute Gasteiger partial charge is 0.444 e. The van der Waals surface area contributed by atoms with Crippen molar-refractivity contribution < 1.29 is 13.9 Å². The number of rotatable bonds is 4. The van der Waals surface area contributed by atoms with Crippen molar-refractivity contribution in [2.24, 2.45) is 5.92 Å². The molecule has 5 rings (SSSR count). The fraction of sp³-hybridized carbons (Fsp3) is 0.435. The number of ether oxygens (including phenoxy) is 1. The second kappa shape index (κ2) is 7.21. The lowest BCUT2D eigenvalue weighted by atomic mass is 9.83. The van der Waals surface area contributed by atoms with Gasteiger partial charge in [0.1, 0.15) is 12.4 Å². The molecule has 0 radical (unpaired) electrons. The van der Waals surface area contributed by atoms with Crippen LogP contribution in [0.25, 0.3) is 0 Å². The Kier molecular flexibility index (Phi) is 4.55. The number of hydrogen-bond donors (Lipinski definition) is 1. The molecule has 2 saturated carbocycles. The number of anilines is 1. The molecule has 0 saturated heterocycles. The number of halogens is 1. The predicted molar refractivity (Wildman–Crippen MR) is 106 cm³/mol. The summed E-state index contributed by atoms with van der Waals surface area (Å²) >= 11 is 0. The highest BCUT2D eigenvalue weighted by atomic mass is 19.1. The fourth-order valence-electron chi connectivity index (χ4n) is 4.82. The summed E-state index contributed by atoms with van der Waals surface area (Å²) in [6.07, 6.45) is 5.12. The van der Waals surface area contributed by atoms with E-state index in [9.17, 15) is 9.18 Å². The quantitative estimate of drug-likeness (QED) is 0.816. The zero-order valence-electron chi connectivity index (χ0n) is 15.8. The number of benzene rings is 2. The minimum Gasteiger partial charge on any atom is -0.444 e. The molecule has 2 aliphatic carbocycles. The lowest BCUT2D eigenvalue weighted by molar-refractivity contribution is 0.140. The minimum absolute atomic E-state index is 0.0637. The van der Waals surface area contributed by atoms with Crippen molar-refractivity contribution in [1.82, 2.24) is 5.32 Å². The summed E-state index contributed by atoms with van der Waals surface area (Å²) in [5.74, 6) is 0.0315. The molecule has 0 aromatic heterocycles. The summed E-state index contributed by atoms with van der Waals surface area (Å²) in [5, 5.41) is 3.76. The van der Waals surface area contributed by atoms with Gasteiger partial charge in [0.25, 0.3) is 0 Å². The lowest BCUT2D eigenvalue weighted by Crippen LogP contribution is -2.51. The molecule has 1 aliphatic heterocycles. The second-order valence-electron chi connectivity index (χ2n) is 8.19. The van der Waals surface area contributed by atoms with Gasteiger partial charge in [-0.1, -0.05) is 42.8 Å². The summed E-state index contributed by atoms with van der Waals surface area (Å²) in [6, 6.07) is 15.3. The maximum atomic E-state index is 14.1. The molecule has 4 nitrogen and oxygen atoms in total. The fourth-order valence-corrected chi connectivity index (χ4v) is 4.82. The zero-order chi connectivity index (χ0) is 19.1. The number of nitrogens with zero attached hydrogens (tertiary/aromatic N) is 1. The van der Waals surface area contributed by atoms with Crippen LogP contribution in [0.3, 0.4) is 0 Å². The normalized spacial score (nSPS) is 25.9. The summed E-state index contributed by atoms with van der Waals surface area (Å²) in [4.78, 5) is 14.8. The van der Waals surface area contributed by atoms with Crippen LogP contribution in [-0.2, 0) is 11.3 Å². The van der Waals surface area contributed by atoms with Crippen molar-refractivity contribution in [2.75, 3.05) is 4.90 Å². The van der Waals surface area contributed by atoms with E-state index in [1.54, 1.807) is 4.90 Å². The molecule has 2 aromatic carbocycles. The van der Waals surface area contributed by atoms with Crippen molar-refractivity contribution in [1.29, 1.82) is 0 Å². The molecule has 3 atom stereocenters. The minimum atomic E-state index is -0.377. The van der Waals surface area contributed by atoms with E-state index in [0.29, 0.717) is 17.6 Å². The molecule has 3 unspecified atom stereocenters. The van der Waals surface area contributed by atoms with Crippen LogP contribution in [0.1, 0.15) is 49.3 Å². The highest BCUT2D eigenvalue weighted by Crippen LogP contribution is 2.49. The van der Waals surface area contributed by atoms with E-state index < -0.39 is 0 Å². The number of fused-ring (bicyclic) bond motifs is 2. The molecule has 5 heteroatoms. The Hall–Kier alpha value is -2.40. The van der Waals surface area contributed by atoms with Crippen molar-refractivity contribution in [3.8, 4) is 0 Å². The monoisotopic (exact) mass is 380 g/mol. The first-order valence-electron chi connectivity index (χ1n) is 10.3. The molecule has 1 amide bonds.